The second kappa shape index (κ2) is 6.92. The number of nitrogens with one attached hydrogen (secondary N) is 3. The first-order valence-electron chi connectivity index (χ1n) is 8.95. The van der Waals surface area contributed by atoms with Crippen LogP contribution in [0.25, 0.3) is 0 Å². The normalized spacial score (nSPS) is 27.8. The van der Waals surface area contributed by atoms with E-state index in [1.54, 1.807) is 18.2 Å². The average Bonchev–Trinajstić information content (AvgIpc) is 2.62. The lowest BCUT2D eigenvalue weighted by Gasteiger charge is -2.40. The minimum Gasteiger partial charge on any atom is -0.486 e. The summed E-state index contributed by atoms with van der Waals surface area (Å²) in [4.78, 5) is 24.6. The van der Waals surface area contributed by atoms with Crippen LogP contribution in [0, 0.1) is 0 Å². The highest BCUT2D eigenvalue weighted by Crippen LogP contribution is 2.32. The molecule has 1 saturated heterocycles. The van der Waals surface area contributed by atoms with Crippen molar-refractivity contribution in [3.63, 3.8) is 0 Å². The van der Waals surface area contributed by atoms with Gasteiger partial charge in [0.15, 0.2) is 11.5 Å². The topological polar surface area (TPSA) is 88.7 Å². The molecule has 7 nitrogen and oxygen atoms in total. The Labute approximate surface area is 146 Å². The fraction of sp³-hybridized carbons (Fsp3) is 0.556. The van der Waals surface area contributed by atoms with Crippen molar-refractivity contribution in [1.29, 1.82) is 0 Å². The van der Waals surface area contributed by atoms with E-state index in [4.69, 9.17) is 9.47 Å². The predicted octanol–water partition coefficient (Wildman–Crippen LogP) is 1.19. The van der Waals surface area contributed by atoms with E-state index in [0.29, 0.717) is 30.4 Å². The van der Waals surface area contributed by atoms with E-state index in [0.717, 1.165) is 19.3 Å². The van der Waals surface area contributed by atoms with E-state index in [9.17, 15) is 9.59 Å². The van der Waals surface area contributed by atoms with Gasteiger partial charge in [0, 0.05) is 23.8 Å². The van der Waals surface area contributed by atoms with Crippen LogP contribution in [0.4, 0.5) is 5.69 Å². The molecule has 1 aromatic carbocycles. The molecule has 1 aromatic rings. The first-order chi connectivity index (χ1) is 12.2. The standard InChI is InChI=1S/C18H23N3O4/c22-17(19-11-5-6-15-16(9-11)25-8-7-24-15)10-14-18(23)21-13-4-2-1-3-12(13)20-14/h5-6,9,12-14,20H,1-4,7-8,10H2,(H,19,22)(H,21,23)/t12-,13+,14+/m0/s1. The van der Waals surface area contributed by atoms with Crippen molar-refractivity contribution in [3.05, 3.63) is 18.2 Å². The van der Waals surface area contributed by atoms with E-state index >= 15 is 0 Å². The zero-order valence-electron chi connectivity index (χ0n) is 14.0. The number of carbonyl (C=O) groups is 2. The fourth-order valence-electron chi connectivity index (χ4n) is 3.79. The summed E-state index contributed by atoms with van der Waals surface area (Å²) in [6, 6.07) is 5.31. The molecule has 2 heterocycles. The van der Waals surface area contributed by atoms with Crippen LogP contribution >= 0.6 is 0 Å². The number of ether oxygens (including phenoxy) is 2. The molecule has 2 aliphatic heterocycles. The van der Waals surface area contributed by atoms with Gasteiger partial charge in [-0.3, -0.25) is 9.59 Å². The van der Waals surface area contributed by atoms with Crippen LogP contribution in [0.2, 0.25) is 0 Å². The third-order valence-corrected chi connectivity index (χ3v) is 5.04. The Bertz CT molecular complexity index is 678. The quantitative estimate of drug-likeness (QED) is 0.766. The maximum Gasteiger partial charge on any atom is 0.237 e. The van der Waals surface area contributed by atoms with Crippen LogP contribution in [0.3, 0.4) is 0 Å². The summed E-state index contributed by atoms with van der Waals surface area (Å²) in [6.45, 7) is 1.03. The highest BCUT2D eigenvalue weighted by atomic mass is 16.6. The summed E-state index contributed by atoms with van der Waals surface area (Å²) >= 11 is 0. The molecule has 0 unspecified atom stereocenters. The number of carbonyl (C=O) groups excluding carboxylic acids is 2. The Morgan fingerprint density at radius 2 is 1.88 bits per heavy atom. The number of amides is 2. The number of anilines is 1. The van der Waals surface area contributed by atoms with Gasteiger partial charge < -0.3 is 25.4 Å². The first kappa shape index (κ1) is 16.2. The number of hydrogen-bond acceptors (Lipinski definition) is 5. The van der Waals surface area contributed by atoms with Crippen LogP contribution in [-0.2, 0) is 9.59 Å². The van der Waals surface area contributed by atoms with Gasteiger partial charge in [-0.25, -0.2) is 0 Å². The molecule has 2 fully saturated rings. The highest BCUT2D eigenvalue weighted by molar-refractivity contribution is 5.96. The third-order valence-electron chi connectivity index (χ3n) is 5.04. The molecule has 0 bridgehead atoms. The Morgan fingerprint density at radius 1 is 1.12 bits per heavy atom. The minimum atomic E-state index is -0.475. The van der Waals surface area contributed by atoms with Gasteiger partial charge in [-0.1, -0.05) is 12.8 Å². The van der Waals surface area contributed by atoms with Gasteiger partial charge in [0.05, 0.1) is 12.5 Å². The van der Waals surface area contributed by atoms with E-state index in [1.165, 1.54) is 6.42 Å². The molecule has 0 spiro atoms. The largest absolute Gasteiger partial charge is 0.486 e. The molecule has 0 radical (unpaired) electrons. The molecule has 3 aliphatic rings. The second-order valence-corrected chi connectivity index (χ2v) is 6.84. The Balaban J connectivity index is 1.36. The van der Waals surface area contributed by atoms with Gasteiger partial charge >= 0.3 is 0 Å². The van der Waals surface area contributed by atoms with E-state index in [1.807, 2.05) is 0 Å². The zero-order chi connectivity index (χ0) is 17.2. The summed E-state index contributed by atoms with van der Waals surface area (Å²) in [5.74, 6) is 1.03. The summed E-state index contributed by atoms with van der Waals surface area (Å²) < 4.78 is 11.0. The van der Waals surface area contributed by atoms with Crippen molar-refractivity contribution in [2.24, 2.45) is 0 Å². The molecule has 0 aromatic heterocycles. The van der Waals surface area contributed by atoms with Crippen LogP contribution in [0.1, 0.15) is 32.1 Å². The molecule has 1 saturated carbocycles. The molecule has 134 valence electrons. The molecular formula is C18H23N3O4. The Hall–Kier alpha value is -2.28. The first-order valence-corrected chi connectivity index (χ1v) is 8.95. The number of piperazine rings is 1. The van der Waals surface area contributed by atoms with Gasteiger partial charge in [0.2, 0.25) is 11.8 Å². The zero-order valence-corrected chi connectivity index (χ0v) is 14.0. The lowest BCUT2D eigenvalue weighted by atomic mass is 9.87. The maximum absolute atomic E-state index is 12.4. The van der Waals surface area contributed by atoms with E-state index < -0.39 is 6.04 Å². The summed E-state index contributed by atoms with van der Waals surface area (Å²) in [7, 11) is 0. The van der Waals surface area contributed by atoms with Crippen LogP contribution in [0.5, 0.6) is 11.5 Å². The monoisotopic (exact) mass is 345 g/mol. The molecule has 3 atom stereocenters. The number of fused-ring (bicyclic) bond motifs is 2. The summed E-state index contributed by atoms with van der Waals surface area (Å²) in [6.07, 6.45) is 4.49. The van der Waals surface area contributed by atoms with Crippen molar-refractivity contribution in [1.82, 2.24) is 10.6 Å². The number of hydrogen-bond donors (Lipinski definition) is 3. The number of benzene rings is 1. The molecule has 25 heavy (non-hydrogen) atoms. The second-order valence-electron chi connectivity index (χ2n) is 6.84. The summed E-state index contributed by atoms with van der Waals surface area (Å²) in [5, 5.41) is 9.25. The van der Waals surface area contributed by atoms with Crippen molar-refractivity contribution in [2.45, 2.75) is 50.2 Å². The van der Waals surface area contributed by atoms with E-state index in [-0.39, 0.29) is 30.3 Å². The fourth-order valence-corrected chi connectivity index (χ4v) is 3.79. The Kier molecular flexibility index (Phi) is 4.48. The van der Waals surface area contributed by atoms with E-state index in [2.05, 4.69) is 16.0 Å². The molecule has 2 amide bonds. The predicted molar refractivity (Wildman–Crippen MR) is 91.8 cm³/mol. The smallest absolute Gasteiger partial charge is 0.237 e. The van der Waals surface area contributed by atoms with Crippen molar-refractivity contribution in [3.8, 4) is 11.5 Å². The highest BCUT2D eigenvalue weighted by Gasteiger charge is 2.36. The minimum absolute atomic E-state index is 0.0829. The molecule has 3 N–H and O–H groups in total. The van der Waals surface area contributed by atoms with Crippen molar-refractivity contribution in [2.75, 3.05) is 18.5 Å². The SMILES string of the molecule is O=C(C[C@H]1N[C@H]2CCCC[C@H]2NC1=O)Nc1ccc2c(c1)OCCO2. The lowest BCUT2D eigenvalue weighted by molar-refractivity contribution is -0.129. The van der Waals surface area contributed by atoms with Gasteiger partial charge in [-0.2, -0.15) is 0 Å². The van der Waals surface area contributed by atoms with Crippen molar-refractivity contribution >= 4 is 17.5 Å². The lowest BCUT2D eigenvalue weighted by Crippen LogP contribution is -2.65. The van der Waals surface area contributed by atoms with Gasteiger partial charge in [-0.15, -0.1) is 0 Å². The van der Waals surface area contributed by atoms with Gasteiger partial charge in [0.25, 0.3) is 0 Å². The van der Waals surface area contributed by atoms with Crippen LogP contribution in [0.15, 0.2) is 18.2 Å². The average molecular weight is 345 g/mol. The maximum atomic E-state index is 12.4. The summed E-state index contributed by atoms with van der Waals surface area (Å²) in [5.41, 5.74) is 0.640. The Morgan fingerprint density at radius 3 is 2.72 bits per heavy atom. The van der Waals surface area contributed by atoms with Crippen LogP contribution < -0.4 is 25.4 Å². The molecule has 4 rings (SSSR count). The van der Waals surface area contributed by atoms with Crippen LogP contribution in [-0.4, -0.2) is 43.2 Å². The molecular weight excluding hydrogens is 322 g/mol. The third kappa shape index (κ3) is 3.56. The van der Waals surface area contributed by atoms with Gasteiger partial charge in [0.1, 0.15) is 13.2 Å². The number of rotatable bonds is 3. The molecule has 1 aliphatic carbocycles. The molecule has 7 heteroatoms. The van der Waals surface area contributed by atoms with Crippen molar-refractivity contribution < 1.29 is 19.1 Å². The van der Waals surface area contributed by atoms with Gasteiger partial charge in [-0.05, 0) is 25.0 Å².